The maximum Gasteiger partial charge on any atom is 0.227 e. The normalized spacial score (nSPS) is 18.6. The van der Waals surface area contributed by atoms with E-state index in [1.54, 1.807) is 4.90 Å². The number of aliphatic hydroxyl groups is 1. The number of nitrogens with zero attached hydrogens (tertiary/aromatic N) is 1. The molecule has 2 rings (SSSR count). The van der Waals surface area contributed by atoms with Gasteiger partial charge in [0.25, 0.3) is 0 Å². The Kier molecular flexibility index (Phi) is 5.06. The van der Waals surface area contributed by atoms with Gasteiger partial charge in [-0.2, -0.15) is 0 Å². The van der Waals surface area contributed by atoms with Crippen molar-refractivity contribution >= 4 is 5.91 Å². The van der Waals surface area contributed by atoms with Crippen molar-refractivity contribution in [2.45, 2.75) is 38.1 Å². The quantitative estimate of drug-likeness (QED) is 0.900. The minimum Gasteiger partial charge on any atom is -0.396 e. The predicted molar refractivity (Wildman–Crippen MR) is 71.1 cm³/mol. The van der Waals surface area contributed by atoms with Crippen molar-refractivity contribution in [2.75, 3.05) is 13.2 Å². The molecule has 1 aliphatic heterocycles. The van der Waals surface area contributed by atoms with E-state index >= 15 is 0 Å². The van der Waals surface area contributed by atoms with Gasteiger partial charge in [-0.25, -0.2) is 8.78 Å². The number of carbonyl (C=O) groups is 1. The zero-order chi connectivity index (χ0) is 14.5. The maximum atomic E-state index is 13.6. The molecule has 1 fully saturated rings. The molecule has 1 saturated heterocycles. The molecule has 1 aliphatic rings. The first-order chi connectivity index (χ1) is 9.63. The highest BCUT2D eigenvalue weighted by molar-refractivity contribution is 5.79. The van der Waals surface area contributed by atoms with Crippen LogP contribution in [0.2, 0.25) is 0 Å². The minimum absolute atomic E-state index is 0.0998. The van der Waals surface area contributed by atoms with Gasteiger partial charge in [-0.05, 0) is 31.7 Å². The summed E-state index contributed by atoms with van der Waals surface area (Å²) in [6.07, 6.45) is 3.14. The van der Waals surface area contributed by atoms with Crippen molar-refractivity contribution in [1.82, 2.24) is 4.90 Å². The zero-order valence-electron chi connectivity index (χ0n) is 11.3. The van der Waals surface area contributed by atoms with Crippen LogP contribution in [0, 0.1) is 11.6 Å². The molecule has 20 heavy (non-hydrogen) atoms. The van der Waals surface area contributed by atoms with Crippen LogP contribution in [0.4, 0.5) is 8.78 Å². The summed E-state index contributed by atoms with van der Waals surface area (Å²) in [5.74, 6) is -2.03. The summed E-state index contributed by atoms with van der Waals surface area (Å²) >= 11 is 0. The van der Waals surface area contributed by atoms with Crippen LogP contribution in [-0.2, 0) is 11.2 Å². The van der Waals surface area contributed by atoms with Gasteiger partial charge in [0.1, 0.15) is 0 Å². The number of carbonyl (C=O) groups excluding carboxylic acids is 1. The molecule has 1 atom stereocenters. The highest BCUT2D eigenvalue weighted by atomic mass is 19.2. The number of aliphatic hydroxyl groups excluding tert-OH is 1. The lowest BCUT2D eigenvalue weighted by Crippen LogP contribution is -2.36. The van der Waals surface area contributed by atoms with E-state index < -0.39 is 11.6 Å². The molecule has 0 spiro atoms. The molecule has 1 unspecified atom stereocenters. The average Bonchev–Trinajstić information content (AvgIpc) is 2.90. The standard InChI is InChI=1S/C15H19F2NO2/c16-13-7-1-4-11(15(13)17)10-14(20)18-8-2-5-12(18)6-3-9-19/h1,4,7,12,19H,2-3,5-6,8-10H2. The van der Waals surface area contributed by atoms with Crippen LogP contribution < -0.4 is 0 Å². The Bertz CT molecular complexity index is 479. The molecule has 0 aromatic heterocycles. The predicted octanol–water partition coefficient (Wildman–Crippen LogP) is 2.27. The Hall–Kier alpha value is -1.49. The third-order valence-electron chi connectivity index (χ3n) is 3.77. The van der Waals surface area contributed by atoms with Crippen molar-refractivity contribution < 1.29 is 18.7 Å². The minimum atomic E-state index is -0.938. The van der Waals surface area contributed by atoms with Crippen molar-refractivity contribution in [1.29, 1.82) is 0 Å². The molecule has 1 aromatic carbocycles. The lowest BCUT2D eigenvalue weighted by molar-refractivity contribution is -0.131. The van der Waals surface area contributed by atoms with Crippen LogP contribution in [0.25, 0.3) is 0 Å². The largest absolute Gasteiger partial charge is 0.396 e. The Morgan fingerprint density at radius 3 is 2.95 bits per heavy atom. The molecule has 0 bridgehead atoms. The molecule has 1 aromatic rings. The van der Waals surface area contributed by atoms with Gasteiger partial charge in [0.15, 0.2) is 11.6 Å². The second-order valence-corrected chi connectivity index (χ2v) is 5.14. The Morgan fingerprint density at radius 1 is 1.40 bits per heavy atom. The maximum absolute atomic E-state index is 13.6. The van der Waals surface area contributed by atoms with E-state index in [2.05, 4.69) is 0 Å². The van der Waals surface area contributed by atoms with Crippen molar-refractivity contribution in [3.05, 3.63) is 35.4 Å². The van der Waals surface area contributed by atoms with E-state index in [0.717, 1.165) is 25.3 Å². The van der Waals surface area contributed by atoms with Gasteiger partial charge in [-0.15, -0.1) is 0 Å². The summed E-state index contributed by atoms with van der Waals surface area (Å²) < 4.78 is 26.7. The van der Waals surface area contributed by atoms with Crippen LogP contribution in [0.5, 0.6) is 0 Å². The van der Waals surface area contributed by atoms with E-state index in [0.29, 0.717) is 13.0 Å². The molecular weight excluding hydrogens is 264 g/mol. The molecule has 1 N–H and O–H groups in total. The topological polar surface area (TPSA) is 40.5 Å². The molecule has 110 valence electrons. The summed E-state index contributed by atoms with van der Waals surface area (Å²) in [7, 11) is 0. The fourth-order valence-corrected chi connectivity index (χ4v) is 2.74. The van der Waals surface area contributed by atoms with Crippen LogP contribution >= 0.6 is 0 Å². The molecule has 0 aliphatic carbocycles. The zero-order valence-corrected chi connectivity index (χ0v) is 11.3. The third-order valence-corrected chi connectivity index (χ3v) is 3.77. The number of hydrogen-bond acceptors (Lipinski definition) is 2. The van der Waals surface area contributed by atoms with Crippen LogP contribution in [0.3, 0.4) is 0 Å². The highest BCUT2D eigenvalue weighted by Gasteiger charge is 2.28. The molecule has 5 heteroatoms. The SMILES string of the molecule is O=C(Cc1cccc(F)c1F)N1CCCC1CCCO. The Labute approximate surface area is 117 Å². The number of rotatable bonds is 5. The van der Waals surface area contributed by atoms with Crippen LogP contribution in [0.15, 0.2) is 18.2 Å². The number of amides is 1. The summed E-state index contributed by atoms with van der Waals surface area (Å²) in [6, 6.07) is 4.01. The lowest BCUT2D eigenvalue weighted by Gasteiger charge is -2.24. The van der Waals surface area contributed by atoms with Gasteiger partial charge >= 0.3 is 0 Å². The van der Waals surface area contributed by atoms with Gasteiger partial charge < -0.3 is 10.0 Å². The number of benzene rings is 1. The van der Waals surface area contributed by atoms with Crippen LogP contribution in [0.1, 0.15) is 31.2 Å². The molecule has 0 radical (unpaired) electrons. The second kappa shape index (κ2) is 6.79. The smallest absolute Gasteiger partial charge is 0.227 e. The first kappa shape index (κ1) is 14.9. The summed E-state index contributed by atoms with van der Waals surface area (Å²) in [5.41, 5.74) is 0.0998. The molecule has 1 amide bonds. The number of hydrogen-bond donors (Lipinski definition) is 1. The second-order valence-electron chi connectivity index (χ2n) is 5.14. The van der Waals surface area contributed by atoms with E-state index in [1.165, 1.54) is 12.1 Å². The summed E-state index contributed by atoms with van der Waals surface area (Å²) in [5, 5.41) is 8.86. The van der Waals surface area contributed by atoms with Gasteiger partial charge in [0, 0.05) is 24.8 Å². The number of likely N-dealkylation sites (tertiary alicyclic amines) is 1. The van der Waals surface area contributed by atoms with Crippen molar-refractivity contribution in [3.8, 4) is 0 Å². The third kappa shape index (κ3) is 3.33. The fourth-order valence-electron chi connectivity index (χ4n) is 2.74. The van der Waals surface area contributed by atoms with E-state index in [9.17, 15) is 13.6 Å². The van der Waals surface area contributed by atoms with Gasteiger partial charge in [0.05, 0.1) is 6.42 Å². The lowest BCUT2D eigenvalue weighted by atomic mass is 10.1. The van der Waals surface area contributed by atoms with E-state index in [-0.39, 0.29) is 30.5 Å². The van der Waals surface area contributed by atoms with Gasteiger partial charge in [-0.1, -0.05) is 12.1 Å². The Balaban J connectivity index is 2.02. The monoisotopic (exact) mass is 283 g/mol. The van der Waals surface area contributed by atoms with Gasteiger partial charge in [-0.3, -0.25) is 4.79 Å². The first-order valence-electron chi connectivity index (χ1n) is 6.96. The summed E-state index contributed by atoms with van der Waals surface area (Å²) in [4.78, 5) is 14.0. The number of halogens is 2. The van der Waals surface area contributed by atoms with Crippen LogP contribution in [-0.4, -0.2) is 35.1 Å². The van der Waals surface area contributed by atoms with Gasteiger partial charge in [0.2, 0.25) is 5.91 Å². The first-order valence-corrected chi connectivity index (χ1v) is 6.96. The van der Waals surface area contributed by atoms with Crippen molar-refractivity contribution in [3.63, 3.8) is 0 Å². The summed E-state index contributed by atoms with van der Waals surface area (Å²) in [6.45, 7) is 0.767. The molecule has 0 saturated carbocycles. The Morgan fingerprint density at radius 2 is 2.20 bits per heavy atom. The fraction of sp³-hybridized carbons (Fsp3) is 0.533. The highest BCUT2D eigenvalue weighted by Crippen LogP contribution is 2.23. The van der Waals surface area contributed by atoms with E-state index in [1.807, 2.05) is 0 Å². The average molecular weight is 283 g/mol. The van der Waals surface area contributed by atoms with E-state index in [4.69, 9.17) is 5.11 Å². The van der Waals surface area contributed by atoms with Crippen molar-refractivity contribution in [2.24, 2.45) is 0 Å². The molecule has 3 nitrogen and oxygen atoms in total. The molecule has 1 heterocycles. The molecular formula is C15H19F2NO2.